The molecule has 0 atom stereocenters. The normalized spacial score (nSPS) is 15.1. The van der Waals surface area contributed by atoms with E-state index in [0.29, 0.717) is 18.1 Å². The zero-order valence-corrected chi connectivity index (χ0v) is 15.3. The molecule has 8 nitrogen and oxygen atoms in total. The summed E-state index contributed by atoms with van der Waals surface area (Å²) in [6.07, 6.45) is 0.866. The number of rotatable bonds is 7. The fourth-order valence-corrected chi connectivity index (χ4v) is 2.90. The summed E-state index contributed by atoms with van der Waals surface area (Å²) in [5, 5.41) is 11.4. The monoisotopic (exact) mass is 378 g/mol. The number of nitrogens with one attached hydrogen (secondary N) is 1. The molecule has 140 valence electrons. The molecule has 0 saturated carbocycles. The van der Waals surface area contributed by atoms with Gasteiger partial charge in [0.1, 0.15) is 0 Å². The lowest BCUT2D eigenvalue weighted by Gasteiger charge is -2.26. The summed E-state index contributed by atoms with van der Waals surface area (Å²) in [5.74, 6) is -0.0440. The molecule has 1 aromatic carbocycles. The Kier molecular flexibility index (Phi) is 6.43. The van der Waals surface area contributed by atoms with Crippen molar-refractivity contribution in [2.45, 2.75) is 13.0 Å². The van der Waals surface area contributed by atoms with Gasteiger partial charge in [0.05, 0.1) is 19.8 Å². The molecule has 0 spiro atoms. The van der Waals surface area contributed by atoms with Crippen molar-refractivity contribution in [1.29, 1.82) is 0 Å². The van der Waals surface area contributed by atoms with Crippen LogP contribution in [0.15, 0.2) is 24.3 Å². The molecule has 26 heavy (non-hydrogen) atoms. The predicted molar refractivity (Wildman–Crippen MR) is 99.2 cm³/mol. The molecular formula is C17H23ClN6O2. The van der Waals surface area contributed by atoms with Gasteiger partial charge in [0.2, 0.25) is 0 Å². The van der Waals surface area contributed by atoms with Crippen LogP contribution in [0, 0.1) is 0 Å². The molecule has 1 aliphatic heterocycles. The standard InChI is InChI=1S/C17H23ClN6O2/c18-14-4-2-13(3-5-14)12-24-16(19)15(21-22-24)17(25)20-6-1-7-23-8-10-26-11-9-23/h2-5H,1,6-12,19H2,(H,20,25). The molecule has 0 unspecified atom stereocenters. The molecule has 1 aliphatic rings. The van der Waals surface area contributed by atoms with Crippen LogP contribution in [0.4, 0.5) is 5.82 Å². The van der Waals surface area contributed by atoms with Gasteiger partial charge < -0.3 is 15.8 Å². The van der Waals surface area contributed by atoms with E-state index < -0.39 is 0 Å². The first-order valence-corrected chi connectivity index (χ1v) is 9.03. The van der Waals surface area contributed by atoms with Crippen LogP contribution in [0.5, 0.6) is 0 Å². The Labute approximate surface area is 157 Å². The number of nitrogens with zero attached hydrogens (tertiary/aromatic N) is 4. The van der Waals surface area contributed by atoms with Gasteiger partial charge in [-0.25, -0.2) is 4.68 Å². The van der Waals surface area contributed by atoms with Crippen molar-refractivity contribution in [3.05, 3.63) is 40.5 Å². The van der Waals surface area contributed by atoms with Crippen molar-refractivity contribution in [2.75, 3.05) is 45.1 Å². The molecule has 2 aromatic rings. The number of ether oxygens (including phenoxy) is 1. The first-order valence-electron chi connectivity index (χ1n) is 8.65. The zero-order valence-electron chi connectivity index (χ0n) is 14.5. The first kappa shape index (κ1) is 18.6. The average molecular weight is 379 g/mol. The maximum Gasteiger partial charge on any atom is 0.275 e. The highest BCUT2D eigenvalue weighted by Crippen LogP contribution is 2.13. The summed E-state index contributed by atoms with van der Waals surface area (Å²) >= 11 is 5.88. The quantitative estimate of drug-likeness (QED) is 0.698. The Bertz CT molecular complexity index is 727. The molecule has 0 radical (unpaired) electrons. The minimum absolute atomic E-state index is 0.158. The third kappa shape index (κ3) is 4.94. The maximum absolute atomic E-state index is 12.3. The maximum atomic E-state index is 12.3. The van der Waals surface area contributed by atoms with Crippen molar-refractivity contribution in [3.8, 4) is 0 Å². The lowest BCUT2D eigenvalue weighted by molar-refractivity contribution is 0.0374. The number of benzene rings is 1. The molecule has 3 rings (SSSR count). The van der Waals surface area contributed by atoms with Crippen molar-refractivity contribution in [1.82, 2.24) is 25.2 Å². The number of nitrogens with two attached hydrogens (primary N) is 1. The summed E-state index contributed by atoms with van der Waals surface area (Å²) in [7, 11) is 0. The number of nitrogen functional groups attached to an aromatic ring is 1. The lowest BCUT2D eigenvalue weighted by Crippen LogP contribution is -2.38. The first-order chi connectivity index (χ1) is 12.6. The largest absolute Gasteiger partial charge is 0.382 e. The van der Waals surface area contributed by atoms with Gasteiger partial charge in [-0.1, -0.05) is 28.9 Å². The van der Waals surface area contributed by atoms with Crippen LogP contribution in [0.1, 0.15) is 22.5 Å². The van der Waals surface area contributed by atoms with Crippen LogP contribution < -0.4 is 11.1 Å². The Balaban J connectivity index is 1.48. The Morgan fingerprint density at radius 2 is 2.00 bits per heavy atom. The molecule has 1 amide bonds. The number of halogens is 1. The van der Waals surface area contributed by atoms with Crippen molar-refractivity contribution in [2.24, 2.45) is 0 Å². The number of carbonyl (C=O) groups excluding carboxylic acids is 1. The fraction of sp³-hybridized carbons (Fsp3) is 0.471. The summed E-state index contributed by atoms with van der Waals surface area (Å²) in [6, 6.07) is 7.36. The molecule has 1 aromatic heterocycles. The Hall–Kier alpha value is -2.16. The SMILES string of the molecule is Nc1c(C(=O)NCCCN2CCOCC2)nnn1Cc1ccc(Cl)cc1. The number of hydrogen-bond donors (Lipinski definition) is 2. The van der Waals surface area contributed by atoms with E-state index >= 15 is 0 Å². The van der Waals surface area contributed by atoms with Crippen molar-refractivity contribution < 1.29 is 9.53 Å². The highest BCUT2D eigenvalue weighted by molar-refractivity contribution is 6.30. The molecule has 0 bridgehead atoms. The van der Waals surface area contributed by atoms with Crippen molar-refractivity contribution in [3.63, 3.8) is 0 Å². The summed E-state index contributed by atoms with van der Waals surface area (Å²) in [6.45, 7) is 5.38. The van der Waals surface area contributed by atoms with E-state index in [1.165, 1.54) is 4.68 Å². The van der Waals surface area contributed by atoms with E-state index in [4.69, 9.17) is 22.1 Å². The van der Waals surface area contributed by atoms with E-state index in [0.717, 1.165) is 44.8 Å². The number of amides is 1. The molecular weight excluding hydrogens is 356 g/mol. The zero-order chi connectivity index (χ0) is 18.4. The molecule has 1 saturated heterocycles. The van der Waals surface area contributed by atoms with Crippen LogP contribution in [-0.4, -0.2) is 65.2 Å². The van der Waals surface area contributed by atoms with Gasteiger partial charge in [-0.15, -0.1) is 5.10 Å². The number of morpholine rings is 1. The van der Waals surface area contributed by atoms with Crippen LogP contribution in [0.25, 0.3) is 0 Å². The third-order valence-electron chi connectivity index (χ3n) is 4.27. The Morgan fingerprint density at radius 1 is 1.27 bits per heavy atom. The van der Waals surface area contributed by atoms with Gasteiger partial charge in [0.15, 0.2) is 11.5 Å². The summed E-state index contributed by atoms with van der Waals surface area (Å²) in [4.78, 5) is 14.6. The molecule has 2 heterocycles. The van der Waals surface area contributed by atoms with Crippen LogP contribution in [0.3, 0.4) is 0 Å². The number of hydrogen-bond acceptors (Lipinski definition) is 6. The molecule has 1 fully saturated rings. The van der Waals surface area contributed by atoms with Gasteiger partial charge in [-0.3, -0.25) is 9.69 Å². The minimum Gasteiger partial charge on any atom is -0.382 e. The van der Waals surface area contributed by atoms with E-state index in [9.17, 15) is 4.79 Å². The number of anilines is 1. The Morgan fingerprint density at radius 3 is 2.73 bits per heavy atom. The van der Waals surface area contributed by atoms with Gasteiger partial charge in [-0.05, 0) is 30.7 Å². The third-order valence-corrected chi connectivity index (χ3v) is 4.53. The van der Waals surface area contributed by atoms with E-state index in [1.54, 1.807) is 12.1 Å². The molecule has 3 N–H and O–H groups in total. The van der Waals surface area contributed by atoms with E-state index in [1.807, 2.05) is 12.1 Å². The van der Waals surface area contributed by atoms with Gasteiger partial charge in [-0.2, -0.15) is 0 Å². The van der Waals surface area contributed by atoms with E-state index in [-0.39, 0.29) is 17.4 Å². The average Bonchev–Trinajstić information content (AvgIpc) is 3.02. The minimum atomic E-state index is -0.299. The van der Waals surface area contributed by atoms with Gasteiger partial charge in [0.25, 0.3) is 5.91 Å². The highest BCUT2D eigenvalue weighted by Gasteiger charge is 2.17. The van der Waals surface area contributed by atoms with Crippen LogP contribution >= 0.6 is 11.6 Å². The van der Waals surface area contributed by atoms with Crippen LogP contribution in [0.2, 0.25) is 5.02 Å². The molecule has 0 aliphatic carbocycles. The van der Waals surface area contributed by atoms with E-state index in [2.05, 4.69) is 20.5 Å². The summed E-state index contributed by atoms with van der Waals surface area (Å²) in [5.41, 5.74) is 7.17. The van der Waals surface area contributed by atoms with Crippen LogP contribution in [-0.2, 0) is 11.3 Å². The summed E-state index contributed by atoms with van der Waals surface area (Å²) < 4.78 is 6.82. The smallest absolute Gasteiger partial charge is 0.275 e. The fourth-order valence-electron chi connectivity index (χ4n) is 2.77. The van der Waals surface area contributed by atoms with Gasteiger partial charge >= 0.3 is 0 Å². The number of carbonyl (C=O) groups is 1. The highest BCUT2D eigenvalue weighted by atomic mass is 35.5. The second-order valence-electron chi connectivity index (χ2n) is 6.17. The second-order valence-corrected chi connectivity index (χ2v) is 6.61. The predicted octanol–water partition coefficient (Wildman–Crippen LogP) is 1.01. The topological polar surface area (TPSA) is 98.3 Å². The van der Waals surface area contributed by atoms with Crippen molar-refractivity contribution >= 4 is 23.3 Å². The lowest BCUT2D eigenvalue weighted by atomic mass is 10.2. The van der Waals surface area contributed by atoms with Gasteiger partial charge in [0, 0.05) is 24.7 Å². The second kappa shape index (κ2) is 8.98. The number of aromatic nitrogens is 3. The molecule has 9 heteroatoms.